The Morgan fingerprint density at radius 1 is 1.00 bits per heavy atom. The van der Waals surface area contributed by atoms with Crippen LogP contribution in [0.25, 0.3) is 10.4 Å². The summed E-state index contributed by atoms with van der Waals surface area (Å²) in [5.41, 5.74) is 8.63. The van der Waals surface area contributed by atoms with Gasteiger partial charge in [0.25, 0.3) is 0 Å². The number of hydrogen-bond acceptors (Lipinski definition) is 8. The van der Waals surface area contributed by atoms with Crippen molar-refractivity contribution in [3.8, 4) is 0 Å². The van der Waals surface area contributed by atoms with Gasteiger partial charge in [0, 0.05) is 17.6 Å². The molecule has 144 valence electrons. The molecule has 0 saturated heterocycles. The van der Waals surface area contributed by atoms with E-state index in [1.807, 2.05) is 0 Å². The second-order valence-corrected chi connectivity index (χ2v) is 4.72. The number of carbonyl (C=O) groups is 1. The minimum absolute atomic E-state index is 0.180. The number of nitrogens with zero attached hydrogens (tertiary/aromatic N) is 3. The van der Waals surface area contributed by atoms with E-state index in [2.05, 4.69) is 16.6 Å². The quantitative estimate of drug-likeness (QED) is 0.0959. The highest BCUT2D eigenvalue weighted by Gasteiger charge is 2.03. The maximum atomic E-state index is 11.1. The zero-order chi connectivity index (χ0) is 18.8. The van der Waals surface area contributed by atoms with Gasteiger partial charge in [0.1, 0.15) is 6.61 Å². The van der Waals surface area contributed by atoms with Crippen molar-refractivity contribution in [1.82, 2.24) is 0 Å². The molecule has 1 unspecified atom stereocenters. The predicted octanol–water partition coefficient (Wildman–Crippen LogP) is 1.45. The molecule has 0 aliphatic carbocycles. The Balaban J connectivity index is 3.22. The average Bonchev–Trinajstić information content (AvgIpc) is 2.60. The first-order chi connectivity index (χ1) is 12.1. The number of ether oxygens (including phenoxy) is 6. The lowest BCUT2D eigenvalue weighted by atomic mass is 10.4. The molecule has 0 bridgehead atoms. The first kappa shape index (κ1) is 23.3. The van der Waals surface area contributed by atoms with Gasteiger partial charge < -0.3 is 28.4 Å². The third-order valence-corrected chi connectivity index (χ3v) is 2.64. The second kappa shape index (κ2) is 17.2. The molecule has 0 saturated carbocycles. The van der Waals surface area contributed by atoms with E-state index < -0.39 is 12.2 Å². The molecular weight excluding hydrogens is 334 g/mol. The lowest BCUT2D eigenvalue weighted by Crippen LogP contribution is -2.18. The van der Waals surface area contributed by atoms with Crippen molar-refractivity contribution >= 4 is 5.97 Å². The molecule has 0 aromatic carbocycles. The fourth-order valence-electron chi connectivity index (χ4n) is 1.37. The van der Waals surface area contributed by atoms with Crippen molar-refractivity contribution in [2.75, 3.05) is 66.6 Å². The highest BCUT2D eigenvalue weighted by molar-refractivity contribution is 5.86. The lowest BCUT2D eigenvalue weighted by molar-refractivity contribution is -0.140. The summed E-state index contributed by atoms with van der Waals surface area (Å²) in [4.78, 5) is 13.7. The topological polar surface area (TPSA) is 121 Å². The van der Waals surface area contributed by atoms with Gasteiger partial charge in [-0.2, -0.15) is 0 Å². The Hall–Kier alpha value is -1.68. The predicted molar refractivity (Wildman–Crippen MR) is 89.0 cm³/mol. The largest absolute Gasteiger partial charge is 0.460 e. The number of azide groups is 1. The molecule has 0 amide bonds. The molecular formula is C15H27N3O7. The average molecular weight is 361 g/mol. The molecule has 0 heterocycles. The summed E-state index contributed by atoms with van der Waals surface area (Å²) in [6.45, 7) is 8.23. The Morgan fingerprint density at radius 3 is 1.92 bits per heavy atom. The van der Waals surface area contributed by atoms with Crippen molar-refractivity contribution in [2.45, 2.75) is 13.2 Å². The van der Waals surface area contributed by atoms with Gasteiger partial charge in [-0.3, -0.25) is 0 Å². The minimum Gasteiger partial charge on any atom is -0.460 e. The van der Waals surface area contributed by atoms with Gasteiger partial charge in [-0.25, -0.2) is 4.79 Å². The third kappa shape index (κ3) is 15.6. The SMILES string of the molecule is C=C(C)C(=O)OCCOCCOCCOCCOCC(N=[N+]=[N-])OC. The zero-order valence-corrected chi connectivity index (χ0v) is 14.8. The minimum atomic E-state index is -0.627. The summed E-state index contributed by atoms with van der Waals surface area (Å²) in [7, 11) is 1.44. The highest BCUT2D eigenvalue weighted by Crippen LogP contribution is 1.94. The van der Waals surface area contributed by atoms with Crippen LogP contribution in [0.15, 0.2) is 17.3 Å². The van der Waals surface area contributed by atoms with Gasteiger partial charge in [-0.15, -0.1) is 0 Å². The number of carbonyl (C=O) groups excluding carboxylic acids is 1. The molecule has 1 atom stereocenters. The van der Waals surface area contributed by atoms with Crippen LogP contribution >= 0.6 is 0 Å². The fourth-order valence-corrected chi connectivity index (χ4v) is 1.37. The van der Waals surface area contributed by atoms with Gasteiger partial charge >= 0.3 is 5.97 Å². The Bertz CT molecular complexity index is 414. The van der Waals surface area contributed by atoms with Crippen LogP contribution in [0.3, 0.4) is 0 Å². The number of methoxy groups -OCH3 is 1. The zero-order valence-electron chi connectivity index (χ0n) is 14.8. The summed E-state index contributed by atoms with van der Waals surface area (Å²) in [6.07, 6.45) is -0.627. The van der Waals surface area contributed by atoms with Gasteiger partial charge in [-0.1, -0.05) is 11.7 Å². The summed E-state index contributed by atoms with van der Waals surface area (Å²) in [5, 5.41) is 3.39. The van der Waals surface area contributed by atoms with Crippen molar-refractivity contribution in [3.63, 3.8) is 0 Å². The first-order valence-electron chi connectivity index (χ1n) is 7.82. The highest BCUT2D eigenvalue weighted by atomic mass is 16.6. The number of hydrogen-bond donors (Lipinski definition) is 0. The van der Waals surface area contributed by atoms with Gasteiger partial charge in [-0.05, 0) is 12.5 Å². The molecule has 10 heteroatoms. The molecule has 0 aromatic rings. The summed E-state index contributed by atoms with van der Waals surface area (Å²) in [6, 6.07) is 0. The van der Waals surface area contributed by atoms with E-state index in [4.69, 9.17) is 34.0 Å². The standard InChI is InChI=1S/C15H27N3O7/c1-13(2)15(19)25-11-10-23-7-6-21-4-5-22-8-9-24-12-14(20-3)17-18-16/h14H,1,4-12H2,2-3H3. The summed E-state index contributed by atoms with van der Waals surface area (Å²) in [5.74, 6) is -0.420. The smallest absolute Gasteiger partial charge is 0.333 e. The van der Waals surface area contributed by atoms with Crippen LogP contribution in [-0.2, 0) is 33.2 Å². The molecule has 0 aliphatic heterocycles. The van der Waals surface area contributed by atoms with E-state index in [0.717, 1.165) is 0 Å². The molecule has 0 N–H and O–H groups in total. The first-order valence-corrected chi connectivity index (χ1v) is 7.82. The van der Waals surface area contributed by atoms with E-state index in [-0.39, 0.29) is 13.2 Å². The Labute approximate surface area is 147 Å². The van der Waals surface area contributed by atoms with Crippen LogP contribution in [0, 0.1) is 0 Å². The van der Waals surface area contributed by atoms with Crippen LogP contribution in [0.5, 0.6) is 0 Å². The maximum Gasteiger partial charge on any atom is 0.333 e. The van der Waals surface area contributed by atoms with Gasteiger partial charge in [0.15, 0.2) is 6.23 Å². The number of rotatable bonds is 17. The summed E-state index contributed by atoms with van der Waals surface area (Å²) >= 11 is 0. The molecule has 25 heavy (non-hydrogen) atoms. The molecule has 0 fully saturated rings. The van der Waals surface area contributed by atoms with Crippen molar-refractivity contribution < 1.29 is 33.2 Å². The van der Waals surface area contributed by atoms with Crippen molar-refractivity contribution in [1.29, 1.82) is 0 Å². The molecule has 0 spiro atoms. The monoisotopic (exact) mass is 361 g/mol. The van der Waals surface area contributed by atoms with Crippen molar-refractivity contribution in [3.05, 3.63) is 22.6 Å². The Kier molecular flexibility index (Phi) is 16.0. The molecule has 0 aromatic heterocycles. The summed E-state index contributed by atoms with van der Waals surface area (Å²) < 4.78 is 30.8. The maximum absolute atomic E-state index is 11.1. The van der Waals surface area contributed by atoms with Crippen LogP contribution in [-0.4, -0.2) is 78.8 Å². The van der Waals surface area contributed by atoms with E-state index in [9.17, 15) is 4.79 Å². The molecule has 10 nitrogen and oxygen atoms in total. The molecule has 0 radical (unpaired) electrons. The third-order valence-electron chi connectivity index (χ3n) is 2.64. The van der Waals surface area contributed by atoms with E-state index in [0.29, 0.717) is 51.8 Å². The van der Waals surface area contributed by atoms with E-state index >= 15 is 0 Å². The van der Waals surface area contributed by atoms with Crippen LogP contribution in [0.1, 0.15) is 6.92 Å². The van der Waals surface area contributed by atoms with E-state index in [1.54, 1.807) is 6.92 Å². The second-order valence-electron chi connectivity index (χ2n) is 4.72. The number of esters is 1. The lowest BCUT2D eigenvalue weighted by Gasteiger charge is -2.10. The van der Waals surface area contributed by atoms with E-state index in [1.165, 1.54) is 7.11 Å². The Morgan fingerprint density at radius 2 is 1.48 bits per heavy atom. The van der Waals surface area contributed by atoms with Crippen LogP contribution < -0.4 is 0 Å². The van der Waals surface area contributed by atoms with Gasteiger partial charge in [0.05, 0.1) is 52.9 Å². The van der Waals surface area contributed by atoms with Gasteiger partial charge in [0.2, 0.25) is 0 Å². The van der Waals surface area contributed by atoms with Crippen molar-refractivity contribution in [2.24, 2.45) is 5.11 Å². The van der Waals surface area contributed by atoms with Crippen LogP contribution in [0.4, 0.5) is 0 Å². The fraction of sp³-hybridized carbons (Fsp3) is 0.800. The molecule has 0 aliphatic rings. The molecule has 0 rings (SSSR count). The normalized spacial score (nSPS) is 11.6. The van der Waals surface area contributed by atoms with Crippen LogP contribution in [0.2, 0.25) is 0 Å².